The van der Waals surface area contributed by atoms with E-state index in [1.54, 1.807) is 12.3 Å². The van der Waals surface area contributed by atoms with Gasteiger partial charge in [0, 0.05) is 37.4 Å². The summed E-state index contributed by atoms with van der Waals surface area (Å²) in [6.07, 6.45) is 5.66. The fourth-order valence-corrected chi connectivity index (χ4v) is 4.96. The maximum atomic E-state index is 13.4. The smallest absolute Gasteiger partial charge is 0.223 e. The molecule has 0 radical (unpaired) electrons. The number of anilines is 1. The van der Waals surface area contributed by atoms with Crippen LogP contribution in [-0.4, -0.2) is 54.6 Å². The predicted molar refractivity (Wildman–Crippen MR) is 132 cm³/mol. The van der Waals surface area contributed by atoms with E-state index in [2.05, 4.69) is 20.6 Å². The van der Waals surface area contributed by atoms with Gasteiger partial charge in [0.05, 0.1) is 11.9 Å². The molecule has 0 bridgehead atoms. The van der Waals surface area contributed by atoms with Gasteiger partial charge in [-0.25, -0.2) is 22.8 Å². The SMILES string of the molecule is CS(=O)(=O)N(Cc1cccc(-c2ccnc(NCCc3cccc(F)c3)n2)c1)C[C@@H]1CCCN1. The van der Waals surface area contributed by atoms with E-state index in [-0.39, 0.29) is 11.9 Å². The van der Waals surface area contributed by atoms with Gasteiger partial charge in [0.25, 0.3) is 0 Å². The second-order valence-electron chi connectivity index (χ2n) is 8.62. The van der Waals surface area contributed by atoms with Crippen molar-refractivity contribution in [3.05, 3.63) is 77.7 Å². The highest BCUT2D eigenvalue weighted by molar-refractivity contribution is 7.88. The van der Waals surface area contributed by atoms with Crippen LogP contribution in [0.1, 0.15) is 24.0 Å². The Morgan fingerprint density at radius 3 is 2.74 bits per heavy atom. The third-order valence-corrected chi connectivity index (χ3v) is 7.09. The van der Waals surface area contributed by atoms with Crippen LogP contribution in [0.5, 0.6) is 0 Å². The van der Waals surface area contributed by atoms with E-state index >= 15 is 0 Å². The number of halogens is 1. The summed E-state index contributed by atoms with van der Waals surface area (Å²) in [6.45, 7) is 2.29. The van der Waals surface area contributed by atoms with E-state index in [0.717, 1.165) is 41.8 Å². The van der Waals surface area contributed by atoms with Crippen LogP contribution in [-0.2, 0) is 23.0 Å². The molecule has 0 aliphatic carbocycles. The molecule has 34 heavy (non-hydrogen) atoms. The van der Waals surface area contributed by atoms with E-state index in [0.29, 0.717) is 32.0 Å². The molecule has 0 unspecified atom stereocenters. The summed E-state index contributed by atoms with van der Waals surface area (Å²) in [4.78, 5) is 8.89. The highest BCUT2D eigenvalue weighted by Crippen LogP contribution is 2.21. The molecule has 1 fully saturated rings. The molecule has 1 saturated heterocycles. The van der Waals surface area contributed by atoms with Crippen molar-refractivity contribution in [3.63, 3.8) is 0 Å². The van der Waals surface area contributed by atoms with Crippen molar-refractivity contribution >= 4 is 16.0 Å². The molecule has 0 saturated carbocycles. The molecule has 180 valence electrons. The van der Waals surface area contributed by atoms with Crippen LogP contribution < -0.4 is 10.6 Å². The quantitative estimate of drug-likeness (QED) is 0.459. The first kappa shape index (κ1) is 24.3. The summed E-state index contributed by atoms with van der Waals surface area (Å²) < 4.78 is 39.7. The average molecular weight is 484 g/mol. The Bertz CT molecular complexity index is 1220. The van der Waals surface area contributed by atoms with Gasteiger partial charge in [-0.2, -0.15) is 4.31 Å². The summed E-state index contributed by atoms with van der Waals surface area (Å²) >= 11 is 0. The predicted octanol–water partition coefficient (Wildman–Crippen LogP) is 3.45. The molecule has 3 aromatic rings. The molecule has 1 atom stereocenters. The number of benzene rings is 2. The van der Waals surface area contributed by atoms with Gasteiger partial charge in [-0.15, -0.1) is 0 Å². The topological polar surface area (TPSA) is 87.2 Å². The zero-order valence-corrected chi connectivity index (χ0v) is 20.1. The zero-order chi connectivity index (χ0) is 24.0. The van der Waals surface area contributed by atoms with Crippen LogP contribution in [0.3, 0.4) is 0 Å². The standard InChI is InChI=1S/C25H30FN5O2S/c1-34(32,33)31(18-23-9-4-12-27-23)17-20-6-2-7-21(15-20)24-11-14-29-25(30-24)28-13-10-19-5-3-8-22(26)16-19/h2-3,5-8,11,14-16,23,27H,4,9-10,12-13,17-18H2,1H3,(H,28,29,30)/t23-/m0/s1. The van der Waals surface area contributed by atoms with Crippen molar-refractivity contribution in [1.82, 2.24) is 19.6 Å². The Hall–Kier alpha value is -2.88. The number of aromatic nitrogens is 2. The van der Waals surface area contributed by atoms with Gasteiger partial charge in [0.15, 0.2) is 0 Å². The van der Waals surface area contributed by atoms with Gasteiger partial charge in [0.1, 0.15) is 5.82 Å². The minimum Gasteiger partial charge on any atom is -0.354 e. The minimum absolute atomic E-state index is 0.195. The van der Waals surface area contributed by atoms with Gasteiger partial charge < -0.3 is 10.6 Å². The van der Waals surface area contributed by atoms with Crippen LogP contribution >= 0.6 is 0 Å². The van der Waals surface area contributed by atoms with E-state index < -0.39 is 10.0 Å². The molecular formula is C25H30FN5O2S. The molecular weight excluding hydrogens is 453 g/mol. The molecule has 1 aliphatic heterocycles. The van der Waals surface area contributed by atoms with Crippen molar-refractivity contribution < 1.29 is 12.8 Å². The fraction of sp³-hybridized carbons (Fsp3) is 0.360. The van der Waals surface area contributed by atoms with Crippen LogP contribution in [0.4, 0.5) is 10.3 Å². The molecule has 2 aromatic carbocycles. The molecule has 9 heteroatoms. The summed E-state index contributed by atoms with van der Waals surface area (Å²) in [5, 5.41) is 6.56. The Morgan fingerprint density at radius 2 is 1.97 bits per heavy atom. The lowest BCUT2D eigenvalue weighted by atomic mass is 10.1. The third-order valence-electron chi connectivity index (χ3n) is 5.88. The number of nitrogens with one attached hydrogen (secondary N) is 2. The second kappa shape index (κ2) is 11.0. The first-order chi connectivity index (χ1) is 16.4. The Kier molecular flexibility index (Phi) is 7.87. The fourth-order valence-electron chi connectivity index (χ4n) is 4.12. The van der Waals surface area contributed by atoms with Gasteiger partial charge in [0.2, 0.25) is 16.0 Å². The summed E-state index contributed by atoms with van der Waals surface area (Å²) in [6, 6.07) is 16.3. The molecule has 2 heterocycles. The molecule has 1 aromatic heterocycles. The number of hydrogen-bond acceptors (Lipinski definition) is 6. The van der Waals surface area contributed by atoms with Crippen molar-refractivity contribution in [2.45, 2.75) is 31.8 Å². The molecule has 7 nitrogen and oxygen atoms in total. The van der Waals surface area contributed by atoms with Crippen LogP contribution in [0, 0.1) is 5.82 Å². The lowest BCUT2D eigenvalue weighted by Crippen LogP contribution is -2.40. The third kappa shape index (κ3) is 6.82. The van der Waals surface area contributed by atoms with Crippen LogP contribution in [0.25, 0.3) is 11.3 Å². The van der Waals surface area contributed by atoms with Crippen molar-refractivity contribution in [1.29, 1.82) is 0 Å². The highest BCUT2D eigenvalue weighted by Gasteiger charge is 2.24. The van der Waals surface area contributed by atoms with Gasteiger partial charge in [-0.05, 0) is 61.2 Å². The van der Waals surface area contributed by atoms with Gasteiger partial charge in [-0.1, -0.05) is 30.3 Å². The second-order valence-corrected chi connectivity index (χ2v) is 10.6. The number of nitrogens with zero attached hydrogens (tertiary/aromatic N) is 3. The largest absolute Gasteiger partial charge is 0.354 e. The van der Waals surface area contributed by atoms with E-state index in [4.69, 9.17) is 0 Å². The Labute approximate surface area is 200 Å². The van der Waals surface area contributed by atoms with E-state index in [1.165, 1.54) is 22.7 Å². The van der Waals surface area contributed by atoms with E-state index in [9.17, 15) is 12.8 Å². The summed E-state index contributed by atoms with van der Waals surface area (Å²) in [5.41, 5.74) is 3.44. The van der Waals surface area contributed by atoms with Crippen LogP contribution in [0.15, 0.2) is 60.8 Å². The molecule has 2 N–H and O–H groups in total. The molecule has 1 aliphatic rings. The monoisotopic (exact) mass is 483 g/mol. The van der Waals surface area contributed by atoms with Gasteiger partial charge in [-0.3, -0.25) is 0 Å². The first-order valence-corrected chi connectivity index (χ1v) is 13.3. The Morgan fingerprint density at radius 1 is 1.15 bits per heavy atom. The molecule has 4 rings (SSSR count). The maximum absolute atomic E-state index is 13.4. The van der Waals surface area contributed by atoms with Crippen LogP contribution in [0.2, 0.25) is 0 Å². The lowest BCUT2D eigenvalue weighted by molar-refractivity contribution is 0.367. The average Bonchev–Trinajstić information content (AvgIpc) is 3.32. The lowest BCUT2D eigenvalue weighted by Gasteiger charge is -2.23. The minimum atomic E-state index is -3.34. The molecule has 0 amide bonds. The maximum Gasteiger partial charge on any atom is 0.223 e. The number of sulfonamides is 1. The summed E-state index contributed by atoms with van der Waals surface area (Å²) in [7, 11) is -3.34. The van der Waals surface area contributed by atoms with Crippen molar-refractivity contribution in [2.75, 3.05) is 31.2 Å². The normalized spacial score (nSPS) is 16.1. The molecule has 0 spiro atoms. The number of hydrogen-bond donors (Lipinski definition) is 2. The number of rotatable bonds is 10. The Balaban J connectivity index is 1.43. The van der Waals surface area contributed by atoms with E-state index in [1.807, 2.05) is 36.4 Å². The van der Waals surface area contributed by atoms with Crippen molar-refractivity contribution in [3.8, 4) is 11.3 Å². The van der Waals surface area contributed by atoms with Gasteiger partial charge >= 0.3 is 0 Å². The van der Waals surface area contributed by atoms with Crippen molar-refractivity contribution in [2.24, 2.45) is 0 Å². The highest BCUT2D eigenvalue weighted by atomic mass is 32.2. The first-order valence-electron chi connectivity index (χ1n) is 11.5. The summed E-state index contributed by atoms with van der Waals surface area (Å²) in [5.74, 6) is 0.244. The zero-order valence-electron chi connectivity index (χ0n) is 19.2.